The Morgan fingerprint density at radius 2 is 2.03 bits per heavy atom. The van der Waals surface area contributed by atoms with E-state index in [4.69, 9.17) is 0 Å². The number of nitrogens with one attached hydrogen (secondary N) is 1. The van der Waals surface area contributed by atoms with Gasteiger partial charge in [-0.1, -0.05) is 29.8 Å². The molecule has 1 amide bonds. The number of carbonyl (C=O) groups excluding carboxylic acids is 1. The molecule has 1 N–H and O–H groups in total. The van der Waals surface area contributed by atoms with Gasteiger partial charge >= 0.3 is 0 Å². The molecule has 0 radical (unpaired) electrons. The van der Waals surface area contributed by atoms with Crippen molar-refractivity contribution >= 4 is 34.7 Å². The minimum atomic E-state index is -0.0591. The molecule has 140 valence electrons. The van der Waals surface area contributed by atoms with Crippen molar-refractivity contribution in [3.8, 4) is 17.9 Å². The standard InChI is InChI=1S/C23H16N4OS/c1-2-3-12-27-20-9-8-17(26-19-10-11-25-15-16(19)14-24)13-22(20)29-21-7-5-4-6-18(21)23(27)28/h4-11,13,15H,12H2,1H3,(H,25,26). The highest BCUT2D eigenvalue weighted by Crippen LogP contribution is 2.42. The topological polar surface area (TPSA) is 69.0 Å². The number of benzene rings is 2. The highest BCUT2D eigenvalue weighted by molar-refractivity contribution is 7.99. The molecular weight excluding hydrogens is 380 g/mol. The maximum Gasteiger partial charge on any atom is 0.260 e. The van der Waals surface area contributed by atoms with Crippen LogP contribution in [0.1, 0.15) is 22.8 Å². The van der Waals surface area contributed by atoms with Gasteiger partial charge in [0.15, 0.2) is 0 Å². The van der Waals surface area contributed by atoms with Gasteiger partial charge in [0.25, 0.3) is 5.91 Å². The second-order valence-electron chi connectivity index (χ2n) is 6.26. The fourth-order valence-corrected chi connectivity index (χ4v) is 4.18. The SMILES string of the molecule is CC#CCN1C(=O)c2ccccc2Sc2cc(Nc3ccncc3C#N)ccc21. The van der Waals surface area contributed by atoms with Crippen LogP contribution in [0.4, 0.5) is 17.1 Å². The highest BCUT2D eigenvalue weighted by Gasteiger charge is 2.26. The fourth-order valence-electron chi connectivity index (χ4n) is 3.07. The summed E-state index contributed by atoms with van der Waals surface area (Å²) in [5.41, 5.74) is 3.47. The maximum absolute atomic E-state index is 13.2. The first-order valence-electron chi connectivity index (χ1n) is 8.95. The van der Waals surface area contributed by atoms with Gasteiger partial charge in [0.05, 0.1) is 29.0 Å². The van der Waals surface area contributed by atoms with E-state index in [2.05, 4.69) is 28.2 Å². The van der Waals surface area contributed by atoms with Gasteiger partial charge in [-0.3, -0.25) is 14.7 Å². The smallest absolute Gasteiger partial charge is 0.260 e. The van der Waals surface area contributed by atoms with E-state index in [0.717, 1.165) is 21.2 Å². The lowest BCUT2D eigenvalue weighted by Crippen LogP contribution is -2.31. The summed E-state index contributed by atoms with van der Waals surface area (Å²) >= 11 is 1.55. The molecule has 0 fully saturated rings. The number of nitriles is 1. The molecule has 0 saturated carbocycles. The summed E-state index contributed by atoms with van der Waals surface area (Å²) in [5.74, 6) is 5.81. The van der Waals surface area contributed by atoms with E-state index < -0.39 is 0 Å². The van der Waals surface area contributed by atoms with Gasteiger partial charge in [-0.15, -0.1) is 5.92 Å². The molecule has 29 heavy (non-hydrogen) atoms. The molecule has 0 unspecified atom stereocenters. The zero-order chi connectivity index (χ0) is 20.2. The summed E-state index contributed by atoms with van der Waals surface area (Å²) in [6.45, 7) is 2.09. The first-order chi connectivity index (χ1) is 14.2. The van der Waals surface area contributed by atoms with Crippen molar-refractivity contribution in [1.29, 1.82) is 5.26 Å². The summed E-state index contributed by atoms with van der Waals surface area (Å²) in [4.78, 5) is 20.7. The largest absolute Gasteiger partial charge is 0.354 e. The number of hydrogen-bond acceptors (Lipinski definition) is 5. The molecule has 0 spiro atoms. The van der Waals surface area contributed by atoms with Crippen LogP contribution < -0.4 is 10.2 Å². The summed E-state index contributed by atoms with van der Waals surface area (Å²) < 4.78 is 0. The molecule has 3 aromatic rings. The number of fused-ring (bicyclic) bond motifs is 2. The quantitative estimate of drug-likeness (QED) is 0.642. The molecule has 2 aromatic carbocycles. The van der Waals surface area contributed by atoms with Crippen LogP contribution in [-0.4, -0.2) is 17.4 Å². The van der Waals surface area contributed by atoms with Gasteiger partial charge in [0, 0.05) is 27.9 Å². The number of carbonyl (C=O) groups is 1. The van der Waals surface area contributed by atoms with Gasteiger partial charge in [-0.2, -0.15) is 5.26 Å². The molecule has 1 aromatic heterocycles. The molecule has 6 heteroatoms. The molecule has 1 aliphatic heterocycles. The van der Waals surface area contributed by atoms with Crippen LogP contribution in [0.2, 0.25) is 0 Å². The van der Waals surface area contributed by atoms with Gasteiger partial charge in [-0.05, 0) is 43.3 Å². The van der Waals surface area contributed by atoms with Crippen molar-refractivity contribution in [2.24, 2.45) is 0 Å². The van der Waals surface area contributed by atoms with E-state index in [1.54, 1.807) is 35.8 Å². The average Bonchev–Trinajstić information content (AvgIpc) is 2.86. The molecule has 2 heterocycles. The predicted molar refractivity (Wildman–Crippen MR) is 114 cm³/mol. The second kappa shape index (κ2) is 8.10. The van der Waals surface area contributed by atoms with Crippen molar-refractivity contribution in [2.75, 3.05) is 16.8 Å². The molecule has 5 nitrogen and oxygen atoms in total. The van der Waals surface area contributed by atoms with Crippen molar-refractivity contribution in [2.45, 2.75) is 16.7 Å². The van der Waals surface area contributed by atoms with E-state index in [-0.39, 0.29) is 5.91 Å². The van der Waals surface area contributed by atoms with Crippen LogP contribution in [0.15, 0.2) is 70.7 Å². The first-order valence-corrected chi connectivity index (χ1v) is 9.76. The van der Waals surface area contributed by atoms with Crippen LogP contribution in [0, 0.1) is 23.2 Å². The van der Waals surface area contributed by atoms with E-state index in [9.17, 15) is 10.1 Å². The molecule has 0 saturated heterocycles. The zero-order valence-corrected chi connectivity index (χ0v) is 16.5. The number of aromatic nitrogens is 1. The lowest BCUT2D eigenvalue weighted by atomic mass is 10.1. The fraction of sp³-hybridized carbons (Fsp3) is 0.0870. The lowest BCUT2D eigenvalue weighted by molar-refractivity contribution is 0.0987. The third-order valence-corrected chi connectivity index (χ3v) is 5.59. The Kier molecular flexibility index (Phi) is 5.20. The normalized spacial score (nSPS) is 12.0. The Morgan fingerprint density at radius 1 is 1.17 bits per heavy atom. The maximum atomic E-state index is 13.2. The molecule has 1 aliphatic rings. The molecule has 0 atom stereocenters. The Morgan fingerprint density at radius 3 is 2.86 bits per heavy atom. The van der Waals surface area contributed by atoms with E-state index in [1.165, 1.54) is 6.20 Å². The average molecular weight is 396 g/mol. The van der Waals surface area contributed by atoms with Crippen molar-refractivity contribution in [3.63, 3.8) is 0 Å². The van der Waals surface area contributed by atoms with Crippen molar-refractivity contribution in [3.05, 3.63) is 72.1 Å². The highest BCUT2D eigenvalue weighted by atomic mass is 32.2. The minimum absolute atomic E-state index is 0.0591. The van der Waals surface area contributed by atoms with Gasteiger partial charge in [0.2, 0.25) is 0 Å². The number of hydrogen-bond donors (Lipinski definition) is 1. The zero-order valence-electron chi connectivity index (χ0n) is 15.6. The lowest BCUT2D eigenvalue weighted by Gasteiger charge is -2.21. The predicted octanol–water partition coefficient (Wildman–Crippen LogP) is 4.83. The van der Waals surface area contributed by atoms with Crippen LogP contribution in [-0.2, 0) is 0 Å². The summed E-state index contributed by atoms with van der Waals surface area (Å²) in [6.07, 6.45) is 3.17. The Hall–Kier alpha value is -3.74. The van der Waals surface area contributed by atoms with Gasteiger partial charge in [-0.25, -0.2) is 0 Å². The summed E-state index contributed by atoms with van der Waals surface area (Å²) in [6, 6.07) is 17.3. The summed E-state index contributed by atoms with van der Waals surface area (Å²) in [7, 11) is 0. The Labute approximate surface area is 173 Å². The van der Waals surface area contributed by atoms with Gasteiger partial charge in [0.1, 0.15) is 6.07 Å². The summed E-state index contributed by atoms with van der Waals surface area (Å²) in [5, 5.41) is 12.6. The first kappa shape index (κ1) is 18.6. The van der Waals surface area contributed by atoms with Crippen LogP contribution >= 0.6 is 11.8 Å². The molecular formula is C23H16N4OS. The van der Waals surface area contributed by atoms with Crippen LogP contribution in [0.3, 0.4) is 0 Å². The third-order valence-electron chi connectivity index (χ3n) is 4.47. The molecule has 4 rings (SSSR count). The van der Waals surface area contributed by atoms with E-state index >= 15 is 0 Å². The number of rotatable bonds is 3. The molecule has 0 aliphatic carbocycles. The minimum Gasteiger partial charge on any atom is -0.354 e. The Bertz CT molecular complexity index is 1200. The van der Waals surface area contributed by atoms with Crippen molar-refractivity contribution < 1.29 is 4.79 Å². The Balaban J connectivity index is 1.78. The number of anilines is 3. The van der Waals surface area contributed by atoms with Crippen LogP contribution in [0.5, 0.6) is 0 Å². The molecule has 0 bridgehead atoms. The van der Waals surface area contributed by atoms with Crippen LogP contribution in [0.25, 0.3) is 0 Å². The number of nitrogens with zero attached hydrogens (tertiary/aromatic N) is 3. The van der Waals surface area contributed by atoms with Gasteiger partial charge < -0.3 is 5.32 Å². The van der Waals surface area contributed by atoms with E-state index in [0.29, 0.717) is 23.4 Å². The van der Waals surface area contributed by atoms with Crippen molar-refractivity contribution in [1.82, 2.24) is 4.98 Å². The number of pyridine rings is 1. The third kappa shape index (κ3) is 3.67. The number of amides is 1. The second-order valence-corrected chi connectivity index (χ2v) is 7.34. The monoisotopic (exact) mass is 396 g/mol. The van der Waals surface area contributed by atoms with E-state index in [1.807, 2.05) is 42.5 Å².